The Morgan fingerprint density at radius 2 is 1.86 bits per heavy atom. The summed E-state index contributed by atoms with van der Waals surface area (Å²) in [6.07, 6.45) is 0. The number of anilines is 1. The zero-order chi connectivity index (χ0) is 15.7. The number of halogens is 2. The number of amides is 1. The van der Waals surface area contributed by atoms with E-state index in [1.54, 1.807) is 13.8 Å². The van der Waals surface area contributed by atoms with Crippen LogP contribution in [-0.2, 0) is 0 Å². The van der Waals surface area contributed by atoms with E-state index >= 15 is 0 Å². The Morgan fingerprint density at radius 3 is 2.38 bits per heavy atom. The summed E-state index contributed by atoms with van der Waals surface area (Å²) in [5.41, 5.74) is 0.0153. The topological polar surface area (TPSA) is 92.4 Å². The van der Waals surface area contributed by atoms with Crippen molar-refractivity contribution in [3.05, 3.63) is 45.1 Å². The van der Waals surface area contributed by atoms with Crippen molar-refractivity contribution < 1.29 is 19.1 Å². The highest BCUT2D eigenvalue weighted by Gasteiger charge is 2.23. The van der Waals surface area contributed by atoms with Gasteiger partial charge >= 0.3 is 5.97 Å². The van der Waals surface area contributed by atoms with Crippen LogP contribution in [0, 0.1) is 13.8 Å². The number of rotatable bonds is 3. The van der Waals surface area contributed by atoms with Gasteiger partial charge in [0.1, 0.15) is 5.56 Å². The van der Waals surface area contributed by atoms with E-state index in [9.17, 15) is 14.7 Å². The van der Waals surface area contributed by atoms with Crippen LogP contribution in [0.3, 0.4) is 0 Å². The zero-order valence-electron chi connectivity index (χ0n) is 11.0. The molecule has 21 heavy (non-hydrogen) atoms. The van der Waals surface area contributed by atoms with Gasteiger partial charge in [0.05, 0.1) is 21.4 Å². The molecule has 0 bridgehead atoms. The molecule has 0 fully saturated rings. The van der Waals surface area contributed by atoms with E-state index in [0.717, 1.165) is 0 Å². The second-order valence-electron chi connectivity index (χ2n) is 4.19. The monoisotopic (exact) mass is 328 g/mol. The molecule has 0 radical (unpaired) electrons. The van der Waals surface area contributed by atoms with Crippen LogP contribution in [0.25, 0.3) is 0 Å². The number of benzene rings is 1. The fourth-order valence-electron chi connectivity index (χ4n) is 1.80. The fourth-order valence-corrected chi connectivity index (χ4v) is 2.24. The van der Waals surface area contributed by atoms with Crippen LogP contribution in [0.5, 0.6) is 0 Å². The summed E-state index contributed by atoms with van der Waals surface area (Å²) >= 11 is 11.8. The van der Waals surface area contributed by atoms with Gasteiger partial charge in [-0.15, -0.1) is 0 Å². The number of carbonyl (C=O) groups excluding carboxylic acids is 1. The van der Waals surface area contributed by atoms with Crippen molar-refractivity contribution in [2.45, 2.75) is 13.8 Å². The molecule has 1 amide bonds. The lowest BCUT2D eigenvalue weighted by Crippen LogP contribution is -2.16. The number of carboxylic acid groups (broad SMARTS) is 1. The molecule has 0 saturated heterocycles. The molecular weight excluding hydrogens is 319 g/mol. The van der Waals surface area contributed by atoms with E-state index in [0.29, 0.717) is 11.6 Å². The van der Waals surface area contributed by atoms with Gasteiger partial charge in [0.25, 0.3) is 5.91 Å². The molecule has 0 unspecified atom stereocenters. The number of aromatic nitrogens is 1. The third kappa shape index (κ3) is 3.01. The number of aromatic carboxylic acids is 1. The summed E-state index contributed by atoms with van der Waals surface area (Å²) in [4.78, 5) is 27.4. The summed E-state index contributed by atoms with van der Waals surface area (Å²) in [6.45, 7) is 3.20. The summed E-state index contributed by atoms with van der Waals surface area (Å²) in [5.74, 6) is -1.64. The summed E-state index contributed by atoms with van der Waals surface area (Å²) in [5, 5.41) is 11.6. The quantitative estimate of drug-likeness (QED) is 0.898. The van der Waals surface area contributed by atoms with Gasteiger partial charge in [-0.2, -0.15) is 0 Å². The lowest BCUT2D eigenvalue weighted by molar-refractivity contribution is 0.0698. The predicted molar refractivity (Wildman–Crippen MR) is 77.4 cm³/mol. The molecule has 110 valence electrons. The minimum Gasteiger partial charge on any atom is -0.478 e. The second kappa shape index (κ2) is 5.75. The number of carbonyl (C=O) groups is 2. The maximum atomic E-state index is 12.1. The van der Waals surface area contributed by atoms with Crippen LogP contribution in [0.15, 0.2) is 16.5 Å². The Labute approximate surface area is 129 Å². The van der Waals surface area contributed by atoms with Gasteiger partial charge in [0.15, 0.2) is 5.89 Å². The van der Waals surface area contributed by atoms with Crippen LogP contribution in [-0.4, -0.2) is 22.0 Å². The lowest BCUT2D eigenvalue weighted by atomic mass is 10.1. The maximum Gasteiger partial charge on any atom is 0.339 e. The molecule has 2 N–H and O–H groups in total. The highest BCUT2D eigenvalue weighted by Crippen LogP contribution is 2.32. The first-order valence-corrected chi connectivity index (χ1v) is 6.53. The molecule has 0 spiro atoms. The third-order valence-electron chi connectivity index (χ3n) is 2.67. The second-order valence-corrected chi connectivity index (χ2v) is 5.00. The van der Waals surface area contributed by atoms with Crippen LogP contribution < -0.4 is 5.32 Å². The molecule has 1 heterocycles. The average Bonchev–Trinajstić information content (AvgIpc) is 2.72. The van der Waals surface area contributed by atoms with E-state index in [1.807, 2.05) is 0 Å². The van der Waals surface area contributed by atoms with Gasteiger partial charge in [0, 0.05) is 6.92 Å². The molecule has 0 aliphatic carbocycles. The highest BCUT2D eigenvalue weighted by molar-refractivity contribution is 6.38. The number of oxazole rings is 1. The van der Waals surface area contributed by atoms with Crippen molar-refractivity contribution in [2.75, 3.05) is 5.32 Å². The molecule has 0 atom stereocenters. The largest absolute Gasteiger partial charge is 0.478 e. The molecule has 1 aromatic heterocycles. The number of nitrogens with one attached hydrogen (secondary N) is 1. The molecule has 2 aromatic rings. The van der Waals surface area contributed by atoms with Gasteiger partial charge in [-0.3, -0.25) is 4.79 Å². The first-order valence-electron chi connectivity index (χ1n) is 5.78. The van der Waals surface area contributed by atoms with Crippen molar-refractivity contribution in [3.8, 4) is 0 Å². The van der Waals surface area contributed by atoms with Crippen LogP contribution >= 0.6 is 23.2 Å². The van der Waals surface area contributed by atoms with E-state index in [4.69, 9.17) is 27.6 Å². The minimum atomic E-state index is -1.30. The lowest BCUT2D eigenvalue weighted by Gasteiger charge is -2.11. The van der Waals surface area contributed by atoms with Crippen LogP contribution in [0.2, 0.25) is 10.0 Å². The van der Waals surface area contributed by atoms with Crippen LogP contribution in [0.1, 0.15) is 32.5 Å². The Bertz CT molecular complexity index is 740. The first-order chi connectivity index (χ1) is 9.81. The highest BCUT2D eigenvalue weighted by atomic mass is 35.5. The van der Waals surface area contributed by atoms with E-state index in [-0.39, 0.29) is 27.1 Å². The standard InChI is InChI=1S/C13H10Cl2N2O4/c1-5-11(21-6(2)16-5)12(18)17-10-8(15)4-3-7(14)9(10)13(19)20/h3-4H,1-2H3,(H,17,18)(H,19,20). The maximum absolute atomic E-state index is 12.1. The van der Waals surface area contributed by atoms with Gasteiger partial charge in [-0.25, -0.2) is 9.78 Å². The summed E-state index contributed by atoms with van der Waals surface area (Å²) in [7, 11) is 0. The van der Waals surface area contributed by atoms with Crippen molar-refractivity contribution in [3.63, 3.8) is 0 Å². The average molecular weight is 329 g/mol. The summed E-state index contributed by atoms with van der Waals surface area (Å²) < 4.78 is 5.17. The van der Waals surface area contributed by atoms with Gasteiger partial charge < -0.3 is 14.8 Å². The fraction of sp³-hybridized carbons (Fsp3) is 0.154. The minimum absolute atomic E-state index is 0.0140. The van der Waals surface area contributed by atoms with Gasteiger partial charge in [-0.1, -0.05) is 23.2 Å². The third-order valence-corrected chi connectivity index (χ3v) is 3.30. The molecule has 0 aliphatic rings. The smallest absolute Gasteiger partial charge is 0.339 e. The Kier molecular flexibility index (Phi) is 4.20. The Hall–Kier alpha value is -2.05. The molecule has 0 aliphatic heterocycles. The Morgan fingerprint density at radius 1 is 1.24 bits per heavy atom. The molecule has 8 heteroatoms. The predicted octanol–water partition coefficient (Wildman–Crippen LogP) is 3.55. The molecule has 1 aromatic carbocycles. The number of aryl methyl sites for hydroxylation is 2. The van der Waals surface area contributed by atoms with Gasteiger partial charge in [-0.05, 0) is 19.1 Å². The van der Waals surface area contributed by atoms with E-state index < -0.39 is 11.9 Å². The van der Waals surface area contributed by atoms with Crippen molar-refractivity contribution in [2.24, 2.45) is 0 Å². The molecular formula is C13H10Cl2N2O4. The van der Waals surface area contributed by atoms with Crippen molar-refractivity contribution in [1.82, 2.24) is 4.98 Å². The van der Waals surface area contributed by atoms with E-state index in [2.05, 4.69) is 10.3 Å². The van der Waals surface area contributed by atoms with Crippen molar-refractivity contribution >= 4 is 40.8 Å². The zero-order valence-corrected chi connectivity index (χ0v) is 12.5. The number of nitrogens with zero attached hydrogens (tertiary/aromatic N) is 1. The Balaban J connectivity index is 2.44. The molecule has 0 saturated carbocycles. The number of carboxylic acids is 1. The molecule has 2 rings (SSSR count). The summed E-state index contributed by atoms with van der Waals surface area (Å²) in [6, 6.07) is 2.73. The number of hydrogen-bond donors (Lipinski definition) is 2. The van der Waals surface area contributed by atoms with E-state index in [1.165, 1.54) is 12.1 Å². The normalized spacial score (nSPS) is 10.5. The van der Waals surface area contributed by atoms with Crippen molar-refractivity contribution in [1.29, 1.82) is 0 Å². The molecule has 6 nitrogen and oxygen atoms in total. The number of hydrogen-bond acceptors (Lipinski definition) is 4. The SMILES string of the molecule is Cc1nc(C)c(C(=O)Nc2c(Cl)ccc(Cl)c2C(=O)O)o1. The van der Waals surface area contributed by atoms with Crippen LogP contribution in [0.4, 0.5) is 5.69 Å². The first kappa shape index (κ1) is 15.3. The van der Waals surface area contributed by atoms with Gasteiger partial charge in [0.2, 0.25) is 5.76 Å².